The molecule has 0 radical (unpaired) electrons. The first-order valence-electron chi connectivity index (χ1n) is 3.09. The van der Waals surface area contributed by atoms with Crippen molar-refractivity contribution in [3.05, 3.63) is 28.0 Å². The normalized spacial score (nSPS) is 11.0. The molecule has 0 saturated carbocycles. The second-order valence-electron chi connectivity index (χ2n) is 2.14. The molecular formula is C7H2BrF3N2. The maximum absolute atomic E-state index is 12.0. The zero-order chi connectivity index (χ0) is 10.1. The van der Waals surface area contributed by atoms with Crippen LogP contribution in [0.3, 0.4) is 0 Å². The molecule has 1 heterocycles. The molecule has 0 atom stereocenters. The van der Waals surface area contributed by atoms with E-state index in [1.165, 1.54) is 0 Å². The molecule has 0 aliphatic rings. The molecule has 1 rings (SSSR count). The number of hydrogen-bond acceptors (Lipinski definition) is 2. The molecule has 0 amide bonds. The van der Waals surface area contributed by atoms with Gasteiger partial charge in [0, 0.05) is 0 Å². The standard InChI is InChI=1S/C7H2BrF3N2/c8-6-4(3-12)1-2-5(13-6)7(9,10)11/h1-2H. The molecule has 0 spiro atoms. The Bertz CT molecular complexity index is 367. The lowest BCUT2D eigenvalue weighted by atomic mass is 10.2. The average Bonchev–Trinajstić information content (AvgIpc) is 2.02. The number of hydrogen-bond donors (Lipinski definition) is 0. The summed E-state index contributed by atoms with van der Waals surface area (Å²) in [4.78, 5) is 3.18. The minimum absolute atomic E-state index is 0.0769. The van der Waals surface area contributed by atoms with Crippen LogP contribution in [0.25, 0.3) is 0 Å². The largest absolute Gasteiger partial charge is 0.433 e. The van der Waals surface area contributed by atoms with Crippen molar-refractivity contribution in [1.82, 2.24) is 4.98 Å². The van der Waals surface area contributed by atoms with Gasteiger partial charge in [0.1, 0.15) is 16.4 Å². The topological polar surface area (TPSA) is 36.7 Å². The number of rotatable bonds is 0. The molecule has 13 heavy (non-hydrogen) atoms. The fourth-order valence-corrected chi connectivity index (χ4v) is 1.09. The Morgan fingerprint density at radius 1 is 1.38 bits per heavy atom. The van der Waals surface area contributed by atoms with E-state index in [0.717, 1.165) is 12.1 Å². The first kappa shape index (κ1) is 9.99. The molecule has 68 valence electrons. The summed E-state index contributed by atoms with van der Waals surface area (Å²) >= 11 is 2.77. The second kappa shape index (κ2) is 3.34. The summed E-state index contributed by atoms with van der Waals surface area (Å²) in [5.74, 6) is 0. The van der Waals surface area contributed by atoms with Crippen LogP contribution in [0.15, 0.2) is 16.7 Å². The zero-order valence-corrected chi connectivity index (χ0v) is 7.65. The Morgan fingerprint density at radius 2 is 2.00 bits per heavy atom. The number of pyridine rings is 1. The highest BCUT2D eigenvalue weighted by atomic mass is 79.9. The van der Waals surface area contributed by atoms with Crippen molar-refractivity contribution in [1.29, 1.82) is 5.26 Å². The summed E-state index contributed by atoms with van der Waals surface area (Å²) in [6.45, 7) is 0. The van der Waals surface area contributed by atoms with Gasteiger partial charge < -0.3 is 0 Å². The van der Waals surface area contributed by atoms with Crippen LogP contribution in [0.1, 0.15) is 11.3 Å². The summed E-state index contributed by atoms with van der Waals surface area (Å²) < 4.78 is 36.0. The molecule has 2 nitrogen and oxygen atoms in total. The van der Waals surface area contributed by atoms with Crippen molar-refractivity contribution in [2.24, 2.45) is 0 Å². The van der Waals surface area contributed by atoms with Crippen LogP contribution in [-0.2, 0) is 6.18 Å². The molecule has 0 bridgehead atoms. The molecule has 6 heteroatoms. The van der Waals surface area contributed by atoms with Gasteiger partial charge in [-0.15, -0.1) is 0 Å². The Kier molecular flexibility index (Phi) is 2.57. The van der Waals surface area contributed by atoms with Gasteiger partial charge >= 0.3 is 6.18 Å². The quantitative estimate of drug-likeness (QED) is 0.664. The van der Waals surface area contributed by atoms with Crippen molar-refractivity contribution in [3.63, 3.8) is 0 Å². The van der Waals surface area contributed by atoms with Gasteiger partial charge in [-0.1, -0.05) is 0 Å². The third-order valence-electron chi connectivity index (χ3n) is 1.26. The van der Waals surface area contributed by atoms with E-state index in [9.17, 15) is 13.2 Å². The molecule has 0 saturated heterocycles. The van der Waals surface area contributed by atoms with Crippen molar-refractivity contribution >= 4 is 15.9 Å². The Balaban J connectivity index is 3.20. The molecule has 0 aromatic carbocycles. The van der Waals surface area contributed by atoms with Crippen LogP contribution in [-0.4, -0.2) is 4.98 Å². The van der Waals surface area contributed by atoms with Crippen LogP contribution in [0, 0.1) is 11.3 Å². The van der Waals surface area contributed by atoms with Gasteiger partial charge in [0.15, 0.2) is 0 Å². The molecule has 0 N–H and O–H groups in total. The van der Waals surface area contributed by atoms with Gasteiger partial charge in [0.2, 0.25) is 0 Å². The molecule has 1 aromatic rings. The van der Waals surface area contributed by atoms with Crippen LogP contribution >= 0.6 is 15.9 Å². The minimum Gasteiger partial charge on any atom is -0.235 e. The van der Waals surface area contributed by atoms with E-state index >= 15 is 0 Å². The van der Waals surface area contributed by atoms with E-state index in [0.29, 0.717) is 0 Å². The number of halogens is 4. The van der Waals surface area contributed by atoms with Crippen molar-refractivity contribution < 1.29 is 13.2 Å². The average molecular weight is 251 g/mol. The van der Waals surface area contributed by atoms with Crippen LogP contribution in [0.5, 0.6) is 0 Å². The van der Waals surface area contributed by atoms with Crippen molar-refractivity contribution in [2.45, 2.75) is 6.18 Å². The summed E-state index contributed by atoms with van der Waals surface area (Å²) in [6, 6.07) is 3.53. The van der Waals surface area contributed by atoms with E-state index < -0.39 is 11.9 Å². The summed E-state index contributed by atoms with van der Waals surface area (Å²) in [6.07, 6.45) is -4.48. The van der Waals surface area contributed by atoms with Gasteiger partial charge in [-0.05, 0) is 28.1 Å². The van der Waals surface area contributed by atoms with Gasteiger partial charge in [-0.2, -0.15) is 18.4 Å². The lowest BCUT2D eigenvalue weighted by molar-refractivity contribution is -0.141. The Hall–Kier alpha value is -1.09. The predicted octanol–water partition coefficient (Wildman–Crippen LogP) is 2.73. The first-order chi connectivity index (χ1) is 5.95. The van der Waals surface area contributed by atoms with Crippen LogP contribution in [0.4, 0.5) is 13.2 Å². The lowest BCUT2D eigenvalue weighted by Crippen LogP contribution is -2.08. The highest BCUT2D eigenvalue weighted by molar-refractivity contribution is 9.10. The van der Waals surface area contributed by atoms with E-state index in [-0.39, 0.29) is 10.2 Å². The molecule has 0 aliphatic carbocycles. The summed E-state index contributed by atoms with van der Waals surface area (Å²) in [5, 5.41) is 8.41. The predicted molar refractivity (Wildman–Crippen MR) is 41.7 cm³/mol. The van der Waals surface area contributed by atoms with Crippen LogP contribution < -0.4 is 0 Å². The SMILES string of the molecule is N#Cc1ccc(C(F)(F)F)nc1Br. The van der Waals surface area contributed by atoms with Gasteiger partial charge in [0.25, 0.3) is 0 Å². The Morgan fingerprint density at radius 3 is 2.38 bits per heavy atom. The second-order valence-corrected chi connectivity index (χ2v) is 2.90. The van der Waals surface area contributed by atoms with Gasteiger partial charge in [-0.3, -0.25) is 0 Å². The van der Waals surface area contributed by atoms with E-state index in [1.54, 1.807) is 6.07 Å². The molecule has 0 fully saturated rings. The van der Waals surface area contributed by atoms with E-state index in [1.807, 2.05) is 0 Å². The van der Waals surface area contributed by atoms with E-state index in [4.69, 9.17) is 5.26 Å². The monoisotopic (exact) mass is 250 g/mol. The smallest absolute Gasteiger partial charge is 0.235 e. The van der Waals surface area contributed by atoms with Gasteiger partial charge in [0.05, 0.1) is 5.56 Å². The number of nitriles is 1. The zero-order valence-electron chi connectivity index (χ0n) is 6.06. The number of nitrogens with zero attached hydrogens (tertiary/aromatic N) is 2. The molecule has 1 aromatic heterocycles. The maximum Gasteiger partial charge on any atom is 0.433 e. The Labute approximate surface area is 80.1 Å². The third kappa shape index (κ3) is 2.18. The first-order valence-corrected chi connectivity index (χ1v) is 3.88. The number of alkyl halides is 3. The summed E-state index contributed by atoms with van der Waals surface area (Å²) in [7, 11) is 0. The fourth-order valence-electron chi connectivity index (χ4n) is 0.676. The lowest BCUT2D eigenvalue weighted by Gasteiger charge is -2.05. The van der Waals surface area contributed by atoms with Crippen LogP contribution in [0.2, 0.25) is 0 Å². The van der Waals surface area contributed by atoms with Crippen molar-refractivity contribution in [3.8, 4) is 6.07 Å². The third-order valence-corrected chi connectivity index (χ3v) is 1.86. The minimum atomic E-state index is -4.48. The highest BCUT2D eigenvalue weighted by Crippen LogP contribution is 2.29. The molecule has 0 unspecified atom stereocenters. The highest BCUT2D eigenvalue weighted by Gasteiger charge is 2.32. The molecular weight excluding hydrogens is 249 g/mol. The maximum atomic E-state index is 12.0. The number of aromatic nitrogens is 1. The fraction of sp³-hybridized carbons (Fsp3) is 0.143. The summed E-state index contributed by atoms with van der Waals surface area (Å²) in [5.41, 5.74) is -0.939. The van der Waals surface area contributed by atoms with Crippen molar-refractivity contribution in [2.75, 3.05) is 0 Å². The van der Waals surface area contributed by atoms with Gasteiger partial charge in [-0.25, -0.2) is 4.98 Å². The molecule has 0 aliphatic heterocycles. The van der Waals surface area contributed by atoms with E-state index in [2.05, 4.69) is 20.9 Å².